The van der Waals surface area contributed by atoms with E-state index in [2.05, 4.69) is 15.4 Å². The number of hydrogen-bond donors (Lipinski definition) is 3. The number of esters is 1. The van der Waals surface area contributed by atoms with Gasteiger partial charge in [-0.1, -0.05) is 0 Å². The Bertz CT molecular complexity index is 596. The second kappa shape index (κ2) is 8.52. The molecular formula is C15H18N2O6. The Labute approximate surface area is 132 Å². The third-order valence-electron chi connectivity index (χ3n) is 2.94. The van der Waals surface area contributed by atoms with E-state index in [9.17, 15) is 19.2 Å². The standard InChI is InChI=1S/C15H18N2O6/c1-9(18)16-11-5-3-10(4-6-11)14(20)17-12(15(21)22)7-8-13(19)23-2/h3-6,12H,7-8H2,1-2H3,(H,16,18)(H,17,20)(H,21,22)/t12-/m0/s1. The molecule has 0 saturated heterocycles. The maximum Gasteiger partial charge on any atom is 0.326 e. The van der Waals surface area contributed by atoms with Gasteiger partial charge in [-0.15, -0.1) is 0 Å². The Balaban J connectivity index is 2.69. The van der Waals surface area contributed by atoms with Crippen molar-refractivity contribution in [3.8, 4) is 0 Å². The third-order valence-corrected chi connectivity index (χ3v) is 2.94. The fraction of sp³-hybridized carbons (Fsp3) is 0.333. The number of carboxylic acids is 1. The normalized spacial score (nSPS) is 11.2. The van der Waals surface area contributed by atoms with Crippen molar-refractivity contribution < 1.29 is 29.0 Å². The number of carbonyl (C=O) groups is 4. The van der Waals surface area contributed by atoms with Gasteiger partial charge in [0.25, 0.3) is 5.91 Å². The highest BCUT2D eigenvalue weighted by atomic mass is 16.5. The van der Waals surface area contributed by atoms with Crippen molar-refractivity contribution >= 4 is 29.4 Å². The summed E-state index contributed by atoms with van der Waals surface area (Å²) >= 11 is 0. The van der Waals surface area contributed by atoms with E-state index >= 15 is 0 Å². The van der Waals surface area contributed by atoms with Crippen LogP contribution in [0.5, 0.6) is 0 Å². The topological polar surface area (TPSA) is 122 Å². The average molecular weight is 322 g/mol. The highest BCUT2D eigenvalue weighted by Crippen LogP contribution is 2.10. The van der Waals surface area contributed by atoms with Crippen LogP contribution >= 0.6 is 0 Å². The van der Waals surface area contributed by atoms with Crippen LogP contribution in [0.25, 0.3) is 0 Å². The summed E-state index contributed by atoms with van der Waals surface area (Å²) in [7, 11) is 1.20. The number of carboxylic acid groups (broad SMARTS) is 1. The van der Waals surface area contributed by atoms with Gasteiger partial charge < -0.3 is 20.5 Å². The number of rotatable bonds is 7. The van der Waals surface area contributed by atoms with Gasteiger partial charge in [0.2, 0.25) is 5.91 Å². The van der Waals surface area contributed by atoms with Gasteiger partial charge >= 0.3 is 11.9 Å². The molecule has 0 fully saturated rings. The largest absolute Gasteiger partial charge is 0.480 e. The lowest BCUT2D eigenvalue weighted by molar-refractivity contribution is -0.142. The molecule has 0 unspecified atom stereocenters. The molecule has 8 heteroatoms. The zero-order chi connectivity index (χ0) is 17.4. The van der Waals surface area contributed by atoms with E-state index in [0.717, 1.165) is 0 Å². The summed E-state index contributed by atoms with van der Waals surface area (Å²) in [6.07, 6.45) is -0.188. The number of aliphatic carboxylic acids is 1. The maximum atomic E-state index is 12.0. The number of ether oxygens (including phenoxy) is 1. The van der Waals surface area contributed by atoms with Crippen LogP contribution in [0, 0.1) is 0 Å². The van der Waals surface area contributed by atoms with Crippen LogP contribution in [0.2, 0.25) is 0 Å². The minimum atomic E-state index is -1.24. The number of hydrogen-bond acceptors (Lipinski definition) is 5. The van der Waals surface area contributed by atoms with Gasteiger partial charge in [0.15, 0.2) is 0 Å². The van der Waals surface area contributed by atoms with Crippen LogP contribution in [-0.4, -0.2) is 42.0 Å². The molecular weight excluding hydrogens is 304 g/mol. The summed E-state index contributed by atoms with van der Waals surface area (Å²) < 4.78 is 4.44. The van der Waals surface area contributed by atoms with Gasteiger partial charge in [0.1, 0.15) is 6.04 Å². The molecule has 0 radical (unpaired) electrons. The molecule has 1 rings (SSSR count). The minimum absolute atomic E-state index is 0.0717. The Hall–Kier alpha value is -2.90. The van der Waals surface area contributed by atoms with Gasteiger partial charge in [-0.3, -0.25) is 14.4 Å². The van der Waals surface area contributed by atoms with Crippen molar-refractivity contribution in [3.05, 3.63) is 29.8 Å². The van der Waals surface area contributed by atoms with Crippen LogP contribution in [0.15, 0.2) is 24.3 Å². The van der Waals surface area contributed by atoms with Crippen LogP contribution < -0.4 is 10.6 Å². The highest BCUT2D eigenvalue weighted by molar-refractivity contribution is 5.97. The predicted octanol–water partition coefficient (Wildman–Crippen LogP) is 0.781. The van der Waals surface area contributed by atoms with Crippen molar-refractivity contribution in [1.82, 2.24) is 5.32 Å². The molecule has 0 heterocycles. The van der Waals surface area contributed by atoms with E-state index in [4.69, 9.17) is 5.11 Å². The maximum absolute atomic E-state index is 12.0. The first-order valence-electron chi connectivity index (χ1n) is 6.81. The molecule has 0 saturated carbocycles. The molecule has 0 bridgehead atoms. The van der Waals surface area contributed by atoms with E-state index in [1.165, 1.54) is 38.3 Å². The summed E-state index contributed by atoms with van der Waals surface area (Å²) in [5.74, 6) is -2.62. The molecule has 1 aromatic carbocycles. The molecule has 8 nitrogen and oxygen atoms in total. The highest BCUT2D eigenvalue weighted by Gasteiger charge is 2.21. The monoisotopic (exact) mass is 322 g/mol. The fourth-order valence-electron chi connectivity index (χ4n) is 1.77. The van der Waals surface area contributed by atoms with Gasteiger partial charge in [-0.05, 0) is 30.7 Å². The Kier molecular flexibility index (Phi) is 6.72. The molecule has 23 heavy (non-hydrogen) atoms. The number of anilines is 1. The van der Waals surface area contributed by atoms with Gasteiger partial charge in [-0.2, -0.15) is 0 Å². The van der Waals surface area contributed by atoms with E-state index < -0.39 is 23.9 Å². The first kappa shape index (κ1) is 18.1. The summed E-state index contributed by atoms with van der Waals surface area (Å²) in [4.78, 5) is 45.1. The molecule has 2 amide bonds. The average Bonchev–Trinajstić information content (AvgIpc) is 2.50. The Morgan fingerprint density at radius 3 is 2.26 bits per heavy atom. The Morgan fingerprint density at radius 1 is 1.17 bits per heavy atom. The summed E-state index contributed by atoms with van der Waals surface area (Å²) in [6, 6.07) is 4.78. The lowest BCUT2D eigenvalue weighted by Gasteiger charge is -2.14. The van der Waals surface area contributed by atoms with Crippen LogP contribution in [-0.2, 0) is 19.1 Å². The zero-order valence-electron chi connectivity index (χ0n) is 12.8. The van der Waals surface area contributed by atoms with Crippen molar-refractivity contribution in [2.75, 3.05) is 12.4 Å². The molecule has 0 aliphatic rings. The molecule has 3 N–H and O–H groups in total. The summed E-state index contributed by atoms with van der Waals surface area (Å²) in [6.45, 7) is 1.36. The van der Waals surface area contributed by atoms with E-state index in [0.29, 0.717) is 5.69 Å². The lowest BCUT2D eigenvalue weighted by atomic mass is 10.1. The quantitative estimate of drug-likeness (QED) is 0.638. The van der Waals surface area contributed by atoms with Gasteiger partial charge in [0.05, 0.1) is 7.11 Å². The molecule has 124 valence electrons. The van der Waals surface area contributed by atoms with Crippen LogP contribution in [0.3, 0.4) is 0 Å². The first-order chi connectivity index (χ1) is 10.8. The fourth-order valence-corrected chi connectivity index (χ4v) is 1.77. The summed E-state index contributed by atoms with van der Waals surface area (Å²) in [5.41, 5.74) is 0.762. The van der Waals surface area contributed by atoms with Crippen molar-refractivity contribution in [3.63, 3.8) is 0 Å². The van der Waals surface area contributed by atoms with E-state index in [1.807, 2.05) is 0 Å². The van der Waals surface area contributed by atoms with Crippen molar-refractivity contribution in [2.45, 2.75) is 25.8 Å². The van der Waals surface area contributed by atoms with Crippen LogP contribution in [0.4, 0.5) is 5.69 Å². The van der Waals surface area contributed by atoms with Crippen molar-refractivity contribution in [2.24, 2.45) is 0 Å². The Morgan fingerprint density at radius 2 is 1.78 bits per heavy atom. The summed E-state index contributed by atoms with van der Waals surface area (Å²) in [5, 5.41) is 14.0. The second-order valence-electron chi connectivity index (χ2n) is 4.74. The van der Waals surface area contributed by atoms with Gasteiger partial charge in [0, 0.05) is 24.6 Å². The smallest absolute Gasteiger partial charge is 0.326 e. The third kappa shape index (κ3) is 6.16. The molecule has 0 aromatic heterocycles. The molecule has 0 aliphatic heterocycles. The number of carbonyl (C=O) groups excluding carboxylic acids is 3. The lowest BCUT2D eigenvalue weighted by Crippen LogP contribution is -2.41. The molecule has 1 aromatic rings. The SMILES string of the molecule is COC(=O)CC[C@H](NC(=O)c1ccc(NC(C)=O)cc1)C(=O)O. The number of benzene rings is 1. The molecule has 1 atom stereocenters. The zero-order valence-corrected chi connectivity index (χ0v) is 12.8. The first-order valence-corrected chi connectivity index (χ1v) is 6.81. The second-order valence-corrected chi connectivity index (χ2v) is 4.74. The van der Waals surface area contributed by atoms with Crippen molar-refractivity contribution in [1.29, 1.82) is 0 Å². The number of nitrogens with one attached hydrogen (secondary N) is 2. The van der Waals surface area contributed by atoms with E-state index in [1.54, 1.807) is 0 Å². The number of amides is 2. The van der Waals surface area contributed by atoms with Gasteiger partial charge in [-0.25, -0.2) is 4.79 Å². The molecule has 0 aliphatic carbocycles. The predicted molar refractivity (Wildman–Crippen MR) is 80.9 cm³/mol. The molecule has 0 spiro atoms. The van der Waals surface area contributed by atoms with E-state index in [-0.39, 0.29) is 24.3 Å². The minimum Gasteiger partial charge on any atom is -0.480 e. The number of methoxy groups -OCH3 is 1. The van der Waals surface area contributed by atoms with Crippen LogP contribution in [0.1, 0.15) is 30.1 Å².